The highest BCUT2D eigenvalue weighted by molar-refractivity contribution is 6.30. The van der Waals surface area contributed by atoms with Crippen molar-refractivity contribution in [3.63, 3.8) is 0 Å². The van der Waals surface area contributed by atoms with Crippen LogP contribution in [0.5, 0.6) is 0 Å². The molecule has 1 fully saturated rings. The van der Waals surface area contributed by atoms with Gasteiger partial charge in [-0.25, -0.2) is 0 Å². The Morgan fingerprint density at radius 3 is 2.11 bits per heavy atom. The Bertz CT molecular complexity index is 1060. The van der Waals surface area contributed by atoms with Crippen LogP contribution in [-0.2, 0) is 0 Å². The Labute approximate surface area is 163 Å². The van der Waals surface area contributed by atoms with Crippen LogP contribution in [0.1, 0.15) is 64.1 Å². The molecule has 0 bridgehead atoms. The van der Waals surface area contributed by atoms with Crippen molar-refractivity contribution >= 4 is 17.5 Å². The van der Waals surface area contributed by atoms with Crippen molar-refractivity contribution in [1.82, 2.24) is 0 Å². The molecule has 1 aromatic heterocycles. The van der Waals surface area contributed by atoms with E-state index in [0.717, 1.165) is 18.4 Å². The summed E-state index contributed by atoms with van der Waals surface area (Å²) in [5.74, 6) is 0.321. The third-order valence-electron chi connectivity index (χ3n) is 5.76. The molecule has 0 spiro atoms. The van der Waals surface area contributed by atoms with Gasteiger partial charge in [0.1, 0.15) is 0 Å². The lowest BCUT2D eigenvalue weighted by molar-refractivity contribution is 0.0961. The van der Waals surface area contributed by atoms with Gasteiger partial charge in [0.15, 0.2) is 11.5 Å². The molecule has 28 heavy (non-hydrogen) atoms. The van der Waals surface area contributed by atoms with Crippen LogP contribution in [0.4, 0.5) is 5.88 Å². The monoisotopic (exact) mass is 371 g/mol. The predicted molar refractivity (Wildman–Crippen MR) is 108 cm³/mol. The molecule has 0 unspecified atom stereocenters. The van der Waals surface area contributed by atoms with Gasteiger partial charge in [-0.3, -0.25) is 9.59 Å². The largest absolute Gasteiger partial charge is 0.436 e. The molecule has 2 aliphatic carbocycles. The number of rotatable bonds is 3. The van der Waals surface area contributed by atoms with Crippen LogP contribution in [0.15, 0.2) is 59.0 Å². The van der Waals surface area contributed by atoms with E-state index in [1.54, 1.807) is 24.3 Å². The number of furan rings is 1. The average Bonchev–Trinajstić information content (AvgIpc) is 3.13. The van der Waals surface area contributed by atoms with E-state index in [1.165, 1.54) is 19.3 Å². The van der Waals surface area contributed by atoms with E-state index in [1.807, 2.05) is 30.3 Å². The summed E-state index contributed by atoms with van der Waals surface area (Å²) in [5, 5.41) is 3.50. The number of hydrogen-bond acceptors (Lipinski definition) is 4. The van der Waals surface area contributed by atoms with Crippen molar-refractivity contribution in [3.05, 3.63) is 77.0 Å². The van der Waals surface area contributed by atoms with Crippen LogP contribution >= 0.6 is 0 Å². The van der Waals surface area contributed by atoms with E-state index < -0.39 is 0 Å². The summed E-state index contributed by atoms with van der Waals surface area (Å²) in [6, 6.07) is 17.0. The molecule has 0 saturated heterocycles. The fourth-order valence-corrected chi connectivity index (χ4v) is 4.36. The zero-order valence-corrected chi connectivity index (χ0v) is 15.5. The number of ketones is 2. The molecule has 0 radical (unpaired) electrons. The van der Waals surface area contributed by atoms with Crippen LogP contribution < -0.4 is 5.32 Å². The minimum Gasteiger partial charge on any atom is -0.436 e. The Balaban J connectivity index is 1.68. The summed E-state index contributed by atoms with van der Waals surface area (Å²) in [7, 11) is 0. The van der Waals surface area contributed by atoms with Gasteiger partial charge in [-0.15, -0.1) is 0 Å². The van der Waals surface area contributed by atoms with Crippen LogP contribution in [0.3, 0.4) is 0 Å². The van der Waals surface area contributed by atoms with Gasteiger partial charge >= 0.3 is 0 Å². The van der Waals surface area contributed by atoms with Crippen LogP contribution in [0.25, 0.3) is 11.1 Å². The molecule has 1 heterocycles. The predicted octanol–water partition coefficient (Wildman–Crippen LogP) is 5.47. The first kappa shape index (κ1) is 17.0. The maximum absolute atomic E-state index is 13.3. The van der Waals surface area contributed by atoms with Crippen molar-refractivity contribution in [3.8, 4) is 11.1 Å². The molecule has 1 N–H and O–H groups in total. The topological polar surface area (TPSA) is 59.3 Å². The standard InChI is InChI=1S/C24H21NO3/c26-21-17-13-7-8-14-18(17)22(27)23-20(21)19(15-9-3-1-4-10-15)24(28-23)25-16-11-5-2-6-12-16/h1,3-4,7-10,13-14,16,25H,2,5-6,11-12H2. The number of carbonyl (C=O) groups excluding carboxylic acids is 2. The van der Waals surface area contributed by atoms with Gasteiger partial charge in [-0.2, -0.15) is 0 Å². The highest BCUT2D eigenvalue weighted by Crippen LogP contribution is 2.42. The summed E-state index contributed by atoms with van der Waals surface area (Å²) in [5.41, 5.74) is 2.83. The first-order valence-electron chi connectivity index (χ1n) is 9.91. The van der Waals surface area contributed by atoms with Crippen molar-refractivity contribution in [2.45, 2.75) is 38.1 Å². The minimum absolute atomic E-state index is 0.149. The quantitative estimate of drug-likeness (QED) is 0.519. The van der Waals surface area contributed by atoms with Gasteiger partial charge in [0, 0.05) is 17.2 Å². The molecule has 3 aromatic rings. The lowest BCUT2D eigenvalue weighted by Crippen LogP contribution is -2.22. The Morgan fingerprint density at radius 2 is 1.39 bits per heavy atom. The molecule has 140 valence electrons. The lowest BCUT2D eigenvalue weighted by Gasteiger charge is -2.23. The zero-order valence-electron chi connectivity index (χ0n) is 15.5. The molecule has 0 amide bonds. The Hall–Kier alpha value is -3.14. The van der Waals surface area contributed by atoms with E-state index in [-0.39, 0.29) is 17.3 Å². The number of hydrogen-bond donors (Lipinski definition) is 1. The minimum atomic E-state index is -0.223. The third-order valence-corrected chi connectivity index (χ3v) is 5.76. The van der Waals surface area contributed by atoms with E-state index >= 15 is 0 Å². The molecule has 1 saturated carbocycles. The molecule has 4 heteroatoms. The van der Waals surface area contributed by atoms with Crippen LogP contribution in [-0.4, -0.2) is 17.6 Å². The molecule has 5 rings (SSSR count). The van der Waals surface area contributed by atoms with E-state index in [2.05, 4.69) is 5.32 Å². The molecule has 2 aliphatic rings. The zero-order chi connectivity index (χ0) is 19.1. The summed E-state index contributed by atoms with van der Waals surface area (Å²) >= 11 is 0. The fraction of sp³-hybridized carbons (Fsp3) is 0.250. The molecule has 0 atom stereocenters. The van der Waals surface area contributed by atoms with Crippen LogP contribution in [0.2, 0.25) is 0 Å². The number of anilines is 1. The summed E-state index contributed by atoms with van der Waals surface area (Å²) in [6.07, 6.45) is 5.76. The van der Waals surface area contributed by atoms with Crippen molar-refractivity contribution < 1.29 is 14.0 Å². The number of carbonyl (C=O) groups is 2. The number of benzene rings is 2. The second-order valence-electron chi connectivity index (χ2n) is 7.56. The third kappa shape index (κ3) is 2.68. The number of fused-ring (bicyclic) bond motifs is 2. The summed E-state index contributed by atoms with van der Waals surface area (Å²) in [6.45, 7) is 0. The summed E-state index contributed by atoms with van der Waals surface area (Å²) in [4.78, 5) is 26.4. The van der Waals surface area contributed by atoms with Crippen molar-refractivity contribution in [1.29, 1.82) is 0 Å². The van der Waals surface area contributed by atoms with Crippen molar-refractivity contribution in [2.75, 3.05) is 5.32 Å². The van der Waals surface area contributed by atoms with Crippen molar-refractivity contribution in [2.24, 2.45) is 0 Å². The molecule has 4 nitrogen and oxygen atoms in total. The van der Waals surface area contributed by atoms with E-state index in [9.17, 15) is 9.59 Å². The normalized spacial score (nSPS) is 16.6. The maximum atomic E-state index is 13.3. The lowest BCUT2D eigenvalue weighted by atomic mass is 9.85. The fourth-order valence-electron chi connectivity index (χ4n) is 4.36. The van der Waals surface area contributed by atoms with Crippen LogP contribution in [0, 0.1) is 0 Å². The molecule has 0 aliphatic heterocycles. The Kier molecular flexibility index (Phi) is 4.12. The van der Waals surface area contributed by atoms with Gasteiger partial charge in [0.25, 0.3) is 0 Å². The Morgan fingerprint density at radius 1 is 0.750 bits per heavy atom. The first-order valence-corrected chi connectivity index (χ1v) is 9.91. The van der Waals surface area contributed by atoms with Gasteiger partial charge < -0.3 is 9.73 Å². The highest BCUT2D eigenvalue weighted by atomic mass is 16.4. The summed E-state index contributed by atoms with van der Waals surface area (Å²) < 4.78 is 6.05. The maximum Gasteiger partial charge on any atom is 0.229 e. The van der Waals surface area contributed by atoms with Gasteiger partial charge in [-0.1, -0.05) is 73.9 Å². The van der Waals surface area contributed by atoms with Gasteiger partial charge in [-0.05, 0) is 18.4 Å². The van der Waals surface area contributed by atoms with Gasteiger partial charge in [0.2, 0.25) is 11.7 Å². The SMILES string of the molecule is O=C1c2ccccc2C(=O)c2c1oc(NC1CCCCC1)c2-c1ccccc1. The average molecular weight is 371 g/mol. The smallest absolute Gasteiger partial charge is 0.229 e. The second-order valence-corrected chi connectivity index (χ2v) is 7.56. The highest BCUT2D eigenvalue weighted by Gasteiger charge is 2.38. The molecular weight excluding hydrogens is 350 g/mol. The van der Waals surface area contributed by atoms with E-state index in [0.29, 0.717) is 34.2 Å². The first-order chi connectivity index (χ1) is 13.7. The second kappa shape index (κ2) is 6.79. The molecule has 2 aromatic carbocycles. The van der Waals surface area contributed by atoms with Gasteiger partial charge in [0.05, 0.1) is 11.1 Å². The molecular formula is C24H21NO3. The van der Waals surface area contributed by atoms with E-state index in [4.69, 9.17) is 4.42 Å². The number of nitrogens with one attached hydrogen (secondary N) is 1.